The van der Waals surface area contributed by atoms with Crippen LogP contribution in [0, 0.1) is 11.7 Å². The van der Waals surface area contributed by atoms with Crippen LogP contribution in [0.2, 0.25) is 10.0 Å². The van der Waals surface area contributed by atoms with Gasteiger partial charge < -0.3 is 15.0 Å². The monoisotopic (exact) mass is 396 g/mol. The standard InChI is InChI=1S/C19H19Cl2FN2O2/c20-17-6-5-16(9-18(17)21)26-12-19(25)23-10-13-7-8-24(11-13)15-3-1-14(22)2-4-15/h1-6,9,13H,7-8,10-12H2,(H,23,25). The molecule has 2 aromatic rings. The molecule has 3 rings (SSSR count). The molecule has 1 amide bonds. The maximum atomic E-state index is 13.0. The maximum absolute atomic E-state index is 13.0. The molecular formula is C19H19Cl2FN2O2. The molecule has 138 valence electrons. The van der Waals surface area contributed by atoms with Gasteiger partial charge in [0.05, 0.1) is 10.0 Å². The third-order valence-electron chi connectivity index (χ3n) is 4.33. The summed E-state index contributed by atoms with van der Waals surface area (Å²) < 4.78 is 18.4. The van der Waals surface area contributed by atoms with E-state index in [9.17, 15) is 9.18 Å². The molecular weight excluding hydrogens is 378 g/mol. The molecule has 1 fully saturated rings. The van der Waals surface area contributed by atoms with Gasteiger partial charge in [0.25, 0.3) is 5.91 Å². The predicted octanol–water partition coefficient (Wildman–Crippen LogP) is 4.15. The Hall–Kier alpha value is -1.98. The zero-order valence-corrected chi connectivity index (χ0v) is 15.6. The molecule has 0 spiro atoms. The first-order chi connectivity index (χ1) is 12.5. The summed E-state index contributed by atoms with van der Waals surface area (Å²) in [5.41, 5.74) is 1.00. The SMILES string of the molecule is O=C(COc1ccc(Cl)c(Cl)c1)NCC1CCN(c2ccc(F)cc2)C1. The van der Waals surface area contributed by atoms with Crippen molar-refractivity contribution >= 4 is 34.8 Å². The molecule has 1 heterocycles. The van der Waals surface area contributed by atoms with Crippen LogP contribution in [0.3, 0.4) is 0 Å². The topological polar surface area (TPSA) is 41.6 Å². The van der Waals surface area contributed by atoms with Gasteiger partial charge >= 0.3 is 0 Å². The number of rotatable bonds is 6. The van der Waals surface area contributed by atoms with Crippen LogP contribution in [0.1, 0.15) is 6.42 Å². The molecule has 26 heavy (non-hydrogen) atoms. The van der Waals surface area contributed by atoms with Crippen molar-refractivity contribution in [2.45, 2.75) is 6.42 Å². The zero-order chi connectivity index (χ0) is 18.5. The molecule has 1 unspecified atom stereocenters. The fraction of sp³-hybridized carbons (Fsp3) is 0.316. The number of anilines is 1. The van der Waals surface area contributed by atoms with Gasteiger partial charge in [-0.15, -0.1) is 0 Å². The quantitative estimate of drug-likeness (QED) is 0.796. The summed E-state index contributed by atoms with van der Waals surface area (Å²) in [5.74, 6) is 0.432. The lowest BCUT2D eigenvalue weighted by atomic mass is 10.1. The second-order valence-electron chi connectivity index (χ2n) is 6.25. The van der Waals surface area contributed by atoms with Crippen molar-refractivity contribution in [2.24, 2.45) is 5.92 Å². The summed E-state index contributed by atoms with van der Waals surface area (Å²) in [6.07, 6.45) is 0.977. The fourth-order valence-electron chi connectivity index (χ4n) is 2.91. The van der Waals surface area contributed by atoms with Crippen LogP contribution < -0.4 is 15.0 Å². The van der Waals surface area contributed by atoms with Gasteiger partial charge in [0.15, 0.2) is 6.61 Å². The van der Waals surface area contributed by atoms with E-state index in [1.54, 1.807) is 30.3 Å². The molecule has 1 N–H and O–H groups in total. The third kappa shape index (κ3) is 5.02. The van der Waals surface area contributed by atoms with Gasteiger partial charge in [-0.3, -0.25) is 4.79 Å². The lowest BCUT2D eigenvalue weighted by Crippen LogP contribution is -2.34. The van der Waals surface area contributed by atoms with Crippen molar-refractivity contribution in [2.75, 3.05) is 31.1 Å². The summed E-state index contributed by atoms with van der Waals surface area (Å²) >= 11 is 11.8. The molecule has 2 aromatic carbocycles. The first kappa shape index (κ1) is 18.8. The summed E-state index contributed by atoms with van der Waals surface area (Å²) in [6.45, 7) is 2.24. The van der Waals surface area contributed by atoms with Crippen molar-refractivity contribution in [3.05, 3.63) is 58.3 Å². The number of halogens is 3. The largest absolute Gasteiger partial charge is 0.484 e. The van der Waals surface area contributed by atoms with Crippen LogP contribution in [0.5, 0.6) is 5.75 Å². The molecule has 0 aliphatic carbocycles. The van der Waals surface area contributed by atoms with Crippen molar-refractivity contribution in [1.82, 2.24) is 5.32 Å². The summed E-state index contributed by atoms with van der Waals surface area (Å²) in [4.78, 5) is 14.2. The van der Waals surface area contributed by atoms with E-state index in [2.05, 4.69) is 10.2 Å². The van der Waals surface area contributed by atoms with Crippen LogP contribution in [0.4, 0.5) is 10.1 Å². The van der Waals surface area contributed by atoms with Gasteiger partial charge in [0.1, 0.15) is 11.6 Å². The highest BCUT2D eigenvalue weighted by Crippen LogP contribution is 2.26. The Kier molecular flexibility index (Phi) is 6.22. The van der Waals surface area contributed by atoms with E-state index in [1.807, 2.05) is 0 Å². The minimum absolute atomic E-state index is 0.0770. The van der Waals surface area contributed by atoms with Crippen LogP contribution >= 0.6 is 23.2 Å². The number of hydrogen-bond acceptors (Lipinski definition) is 3. The number of hydrogen-bond donors (Lipinski definition) is 1. The maximum Gasteiger partial charge on any atom is 0.257 e. The molecule has 0 aromatic heterocycles. The van der Waals surface area contributed by atoms with E-state index in [4.69, 9.17) is 27.9 Å². The highest BCUT2D eigenvalue weighted by atomic mass is 35.5. The second-order valence-corrected chi connectivity index (χ2v) is 7.06. The zero-order valence-electron chi connectivity index (χ0n) is 14.1. The van der Waals surface area contributed by atoms with Crippen LogP contribution in [0.25, 0.3) is 0 Å². The van der Waals surface area contributed by atoms with E-state index in [-0.39, 0.29) is 18.3 Å². The molecule has 4 nitrogen and oxygen atoms in total. The first-order valence-corrected chi connectivity index (χ1v) is 9.12. The van der Waals surface area contributed by atoms with E-state index in [0.29, 0.717) is 28.3 Å². The minimum Gasteiger partial charge on any atom is -0.484 e. The Morgan fingerprint density at radius 3 is 2.69 bits per heavy atom. The van der Waals surface area contributed by atoms with Gasteiger partial charge in [0.2, 0.25) is 0 Å². The van der Waals surface area contributed by atoms with E-state index >= 15 is 0 Å². The highest BCUT2D eigenvalue weighted by Gasteiger charge is 2.23. The van der Waals surface area contributed by atoms with Crippen molar-refractivity contribution in [3.8, 4) is 5.75 Å². The smallest absolute Gasteiger partial charge is 0.257 e. The summed E-state index contributed by atoms with van der Waals surface area (Å²) in [6, 6.07) is 11.4. The minimum atomic E-state index is -0.237. The van der Waals surface area contributed by atoms with Gasteiger partial charge in [-0.25, -0.2) is 4.39 Å². The lowest BCUT2D eigenvalue weighted by Gasteiger charge is -2.18. The third-order valence-corrected chi connectivity index (χ3v) is 5.07. The van der Waals surface area contributed by atoms with Gasteiger partial charge in [-0.1, -0.05) is 23.2 Å². The molecule has 7 heteroatoms. The molecule has 1 aliphatic rings. The highest BCUT2D eigenvalue weighted by molar-refractivity contribution is 6.42. The van der Waals surface area contributed by atoms with E-state index in [1.165, 1.54) is 12.1 Å². The van der Waals surface area contributed by atoms with Crippen molar-refractivity contribution in [1.29, 1.82) is 0 Å². The Labute approximate surface area is 161 Å². The molecule has 0 radical (unpaired) electrons. The molecule has 1 saturated heterocycles. The summed E-state index contributed by atoms with van der Waals surface area (Å²) in [5, 5.41) is 3.72. The van der Waals surface area contributed by atoms with Crippen LogP contribution in [0.15, 0.2) is 42.5 Å². The molecule has 1 atom stereocenters. The number of carbonyl (C=O) groups is 1. The Morgan fingerprint density at radius 2 is 1.96 bits per heavy atom. The van der Waals surface area contributed by atoms with E-state index < -0.39 is 0 Å². The number of nitrogens with one attached hydrogen (secondary N) is 1. The average Bonchev–Trinajstić information content (AvgIpc) is 3.10. The molecule has 1 aliphatic heterocycles. The predicted molar refractivity (Wildman–Crippen MR) is 102 cm³/mol. The number of carbonyl (C=O) groups excluding carboxylic acids is 1. The van der Waals surface area contributed by atoms with Crippen LogP contribution in [-0.2, 0) is 4.79 Å². The first-order valence-electron chi connectivity index (χ1n) is 8.36. The van der Waals surface area contributed by atoms with Gasteiger partial charge in [-0.05, 0) is 48.7 Å². The molecule has 0 bridgehead atoms. The van der Waals surface area contributed by atoms with Gasteiger partial charge in [0, 0.05) is 31.4 Å². The van der Waals surface area contributed by atoms with Crippen LogP contribution in [-0.4, -0.2) is 32.1 Å². The average molecular weight is 397 g/mol. The van der Waals surface area contributed by atoms with E-state index in [0.717, 1.165) is 25.2 Å². The lowest BCUT2D eigenvalue weighted by molar-refractivity contribution is -0.123. The number of amides is 1. The number of benzene rings is 2. The Bertz CT molecular complexity index is 771. The Balaban J connectivity index is 1.40. The van der Waals surface area contributed by atoms with Crippen molar-refractivity contribution < 1.29 is 13.9 Å². The Morgan fingerprint density at radius 1 is 1.19 bits per heavy atom. The second kappa shape index (κ2) is 8.60. The summed E-state index contributed by atoms with van der Waals surface area (Å²) in [7, 11) is 0. The molecule has 0 saturated carbocycles. The van der Waals surface area contributed by atoms with Crippen molar-refractivity contribution in [3.63, 3.8) is 0 Å². The number of nitrogens with zero attached hydrogens (tertiary/aromatic N) is 1. The fourth-order valence-corrected chi connectivity index (χ4v) is 3.20. The van der Waals surface area contributed by atoms with Gasteiger partial charge in [-0.2, -0.15) is 0 Å². The normalized spacial score (nSPS) is 16.6. The number of ether oxygens (including phenoxy) is 1.